The molecule has 206 valence electrons. The molecule has 1 atom stereocenters. The Balaban J connectivity index is 1.65. The Labute approximate surface area is 229 Å². The molecule has 1 amide bonds. The Morgan fingerprint density at radius 2 is 1.79 bits per heavy atom. The fourth-order valence-electron chi connectivity index (χ4n) is 4.59. The van der Waals surface area contributed by atoms with Crippen LogP contribution in [0.2, 0.25) is 0 Å². The zero-order chi connectivity index (χ0) is 27.4. The lowest BCUT2D eigenvalue weighted by atomic mass is 10.2. The molecule has 1 aromatic heterocycles. The topological polar surface area (TPSA) is 89.0 Å². The number of carbonyl (C=O) groups excluding carboxylic acids is 1. The zero-order valence-electron chi connectivity index (χ0n) is 22.7. The summed E-state index contributed by atoms with van der Waals surface area (Å²) in [5, 5.41) is 0.557. The molecule has 1 aliphatic heterocycles. The number of ether oxygens (including phenoxy) is 2. The number of methoxy groups -OCH3 is 1. The lowest BCUT2D eigenvalue weighted by Gasteiger charge is -2.26. The molecule has 1 fully saturated rings. The number of nitrogens with zero attached hydrogens (tertiary/aromatic N) is 3. The van der Waals surface area contributed by atoms with E-state index in [1.807, 2.05) is 45.9 Å². The minimum atomic E-state index is -3.69. The van der Waals surface area contributed by atoms with E-state index in [-0.39, 0.29) is 28.7 Å². The molecule has 0 aliphatic carbocycles. The first-order valence-corrected chi connectivity index (χ1v) is 15.3. The van der Waals surface area contributed by atoms with E-state index in [2.05, 4.69) is 0 Å². The molecular weight excluding hydrogens is 522 g/mol. The number of hydrogen-bond donors (Lipinski definition) is 0. The number of carbonyl (C=O) groups is 1. The number of para-hydroxylation sites is 1. The van der Waals surface area contributed by atoms with Crippen molar-refractivity contribution in [1.82, 2.24) is 9.29 Å². The average Bonchev–Trinajstić information content (AvgIpc) is 3.55. The molecule has 0 saturated carbocycles. The number of thiazole rings is 1. The zero-order valence-corrected chi connectivity index (χ0v) is 24.3. The highest BCUT2D eigenvalue weighted by molar-refractivity contribution is 7.89. The summed E-state index contributed by atoms with van der Waals surface area (Å²) in [4.78, 5) is 20.4. The maximum absolute atomic E-state index is 13.8. The van der Waals surface area contributed by atoms with Crippen LogP contribution in [0.15, 0.2) is 47.4 Å². The molecule has 38 heavy (non-hydrogen) atoms. The standard InChI is InChI=1S/C28H37N3O5S2/c1-19(2)16-30(17-20(3)4)38(33,34)23-13-11-21(12-14-23)27(32)31(18-22-8-7-15-36-22)28-29-26-24(35-5)9-6-10-25(26)37-28/h6,9-14,19-20,22H,7-8,15-18H2,1-5H3. The van der Waals surface area contributed by atoms with Crippen LogP contribution in [0.5, 0.6) is 5.75 Å². The molecule has 1 unspecified atom stereocenters. The molecule has 0 bridgehead atoms. The number of benzene rings is 2. The smallest absolute Gasteiger partial charge is 0.260 e. The van der Waals surface area contributed by atoms with E-state index < -0.39 is 10.0 Å². The van der Waals surface area contributed by atoms with Crippen LogP contribution in [0.4, 0.5) is 5.13 Å². The number of anilines is 1. The first kappa shape index (κ1) is 28.5. The number of rotatable bonds is 11. The third-order valence-electron chi connectivity index (χ3n) is 6.35. The molecule has 10 heteroatoms. The van der Waals surface area contributed by atoms with E-state index >= 15 is 0 Å². The summed E-state index contributed by atoms with van der Waals surface area (Å²) in [6, 6.07) is 11.9. The second kappa shape index (κ2) is 12.1. The van der Waals surface area contributed by atoms with Crippen molar-refractivity contribution in [3.8, 4) is 5.75 Å². The van der Waals surface area contributed by atoms with Gasteiger partial charge in [-0.3, -0.25) is 9.69 Å². The maximum Gasteiger partial charge on any atom is 0.260 e. The van der Waals surface area contributed by atoms with Gasteiger partial charge in [0.15, 0.2) is 5.13 Å². The van der Waals surface area contributed by atoms with Crippen LogP contribution in [-0.2, 0) is 14.8 Å². The molecule has 0 spiro atoms. The Kier molecular flexibility index (Phi) is 9.07. The van der Waals surface area contributed by atoms with E-state index in [0.29, 0.717) is 48.2 Å². The van der Waals surface area contributed by atoms with Gasteiger partial charge >= 0.3 is 0 Å². The second-order valence-electron chi connectivity index (χ2n) is 10.5. The van der Waals surface area contributed by atoms with Gasteiger partial charge in [-0.25, -0.2) is 13.4 Å². The summed E-state index contributed by atoms with van der Waals surface area (Å²) in [7, 11) is -2.09. The van der Waals surface area contributed by atoms with Gasteiger partial charge in [-0.15, -0.1) is 0 Å². The fraction of sp³-hybridized carbons (Fsp3) is 0.500. The number of hydrogen-bond acceptors (Lipinski definition) is 7. The monoisotopic (exact) mass is 559 g/mol. The Morgan fingerprint density at radius 3 is 2.37 bits per heavy atom. The second-order valence-corrected chi connectivity index (χ2v) is 13.4. The molecule has 4 rings (SSSR count). The van der Waals surface area contributed by atoms with Gasteiger partial charge in [0.25, 0.3) is 5.91 Å². The first-order chi connectivity index (χ1) is 18.1. The van der Waals surface area contributed by atoms with E-state index in [1.165, 1.54) is 27.8 Å². The number of amides is 1. The van der Waals surface area contributed by atoms with Gasteiger partial charge in [0.2, 0.25) is 10.0 Å². The van der Waals surface area contributed by atoms with E-state index in [1.54, 1.807) is 24.1 Å². The molecule has 2 aromatic carbocycles. The van der Waals surface area contributed by atoms with E-state index in [4.69, 9.17) is 14.5 Å². The van der Waals surface area contributed by atoms with Crippen LogP contribution in [-0.4, -0.2) is 63.1 Å². The molecular formula is C28H37N3O5S2. The summed E-state index contributed by atoms with van der Waals surface area (Å²) < 4.78 is 40.6. The van der Waals surface area contributed by atoms with Crippen molar-refractivity contribution >= 4 is 42.6 Å². The first-order valence-electron chi connectivity index (χ1n) is 13.1. The normalized spacial score (nSPS) is 16.2. The van der Waals surface area contributed by atoms with Crippen LogP contribution in [0.1, 0.15) is 50.9 Å². The van der Waals surface area contributed by atoms with Crippen LogP contribution >= 0.6 is 11.3 Å². The third kappa shape index (κ3) is 6.36. The van der Waals surface area contributed by atoms with Crippen molar-refractivity contribution in [2.45, 2.75) is 51.5 Å². The highest BCUT2D eigenvalue weighted by atomic mass is 32.2. The predicted molar refractivity (Wildman–Crippen MR) is 152 cm³/mol. The molecule has 0 N–H and O–H groups in total. The van der Waals surface area contributed by atoms with Gasteiger partial charge in [-0.1, -0.05) is 45.1 Å². The van der Waals surface area contributed by atoms with Gasteiger partial charge in [-0.05, 0) is 61.1 Å². The molecule has 8 nitrogen and oxygen atoms in total. The summed E-state index contributed by atoms with van der Waals surface area (Å²) in [6.45, 7) is 9.95. The average molecular weight is 560 g/mol. The largest absolute Gasteiger partial charge is 0.494 e. The van der Waals surface area contributed by atoms with Crippen LogP contribution < -0.4 is 9.64 Å². The summed E-state index contributed by atoms with van der Waals surface area (Å²) in [5.41, 5.74) is 1.10. The van der Waals surface area contributed by atoms with Gasteiger partial charge < -0.3 is 9.47 Å². The summed E-state index contributed by atoms with van der Waals surface area (Å²) in [6.07, 6.45) is 1.75. The maximum atomic E-state index is 13.8. The Bertz CT molecular complexity index is 1340. The minimum Gasteiger partial charge on any atom is -0.494 e. The van der Waals surface area contributed by atoms with E-state index in [0.717, 1.165) is 17.5 Å². The predicted octanol–water partition coefficient (Wildman–Crippen LogP) is 5.43. The summed E-state index contributed by atoms with van der Waals surface area (Å²) >= 11 is 1.42. The summed E-state index contributed by atoms with van der Waals surface area (Å²) in [5.74, 6) is 0.798. The molecule has 0 radical (unpaired) electrons. The van der Waals surface area contributed by atoms with Crippen molar-refractivity contribution in [2.75, 3.05) is 38.3 Å². The van der Waals surface area contributed by atoms with Crippen molar-refractivity contribution in [1.29, 1.82) is 0 Å². The quantitative estimate of drug-likeness (QED) is 0.311. The molecule has 1 saturated heterocycles. The molecule has 2 heterocycles. The SMILES string of the molecule is COc1cccc2sc(N(CC3CCCO3)C(=O)c3ccc(S(=O)(=O)N(CC(C)C)CC(C)C)cc3)nc12. The third-order valence-corrected chi connectivity index (χ3v) is 9.24. The van der Waals surface area contributed by atoms with Crippen LogP contribution in [0.25, 0.3) is 10.2 Å². The number of aromatic nitrogens is 1. The van der Waals surface area contributed by atoms with Crippen molar-refractivity contribution < 1.29 is 22.7 Å². The lowest BCUT2D eigenvalue weighted by molar-refractivity contribution is 0.0917. The highest BCUT2D eigenvalue weighted by Gasteiger charge is 2.29. The van der Waals surface area contributed by atoms with Crippen molar-refractivity contribution in [2.24, 2.45) is 11.8 Å². The highest BCUT2D eigenvalue weighted by Crippen LogP contribution is 2.35. The van der Waals surface area contributed by atoms with Crippen LogP contribution in [0, 0.1) is 11.8 Å². The van der Waals surface area contributed by atoms with Crippen molar-refractivity contribution in [3.63, 3.8) is 0 Å². The molecule has 3 aromatic rings. The van der Waals surface area contributed by atoms with Gasteiger partial charge in [0.05, 0.1) is 29.4 Å². The van der Waals surface area contributed by atoms with Gasteiger partial charge in [0.1, 0.15) is 11.3 Å². The van der Waals surface area contributed by atoms with E-state index in [9.17, 15) is 13.2 Å². The van der Waals surface area contributed by atoms with Gasteiger partial charge in [0, 0.05) is 25.3 Å². The molecule has 1 aliphatic rings. The van der Waals surface area contributed by atoms with Crippen LogP contribution in [0.3, 0.4) is 0 Å². The number of fused-ring (bicyclic) bond motifs is 1. The minimum absolute atomic E-state index is 0.0758. The fourth-order valence-corrected chi connectivity index (χ4v) is 7.35. The van der Waals surface area contributed by atoms with Crippen molar-refractivity contribution in [3.05, 3.63) is 48.0 Å². The number of sulfonamides is 1. The lowest BCUT2D eigenvalue weighted by Crippen LogP contribution is -2.38. The van der Waals surface area contributed by atoms with Gasteiger partial charge in [-0.2, -0.15) is 4.31 Å². The Morgan fingerprint density at radius 1 is 1.11 bits per heavy atom. The Hall–Kier alpha value is -2.53.